The van der Waals surface area contributed by atoms with E-state index in [-0.39, 0.29) is 12.5 Å². The van der Waals surface area contributed by atoms with Crippen molar-refractivity contribution >= 4 is 17.5 Å². The summed E-state index contributed by atoms with van der Waals surface area (Å²) < 4.78 is 0. The summed E-state index contributed by atoms with van der Waals surface area (Å²) >= 11 is 0. The summed E-state index contributed by atoms with van der Waals surface area (Å²) in [4.78, 5) is 24.7. The minimum absolute atomic E-state index is 0.0838. The van der Waals surface area contributed by atoms with Crippen molar-refractivity contribution < 1.29 is 9.59 Å². The molecule has 0 aromatic heterocycles. The molecule has 0 saturated carbocycles. The zero-order valence-corrected chi connectivity index (χ0v) is 10.7. The number of rotatable bonds is 4. The predicted molar refractivity (Wildman–Crippen MR) is 72.9 cm³/mol. The summed E-state index contributed by atoms with van der Waals surface area (Å²) in [6.45, 7) is 3.45. The molecule has 6 heteroatoms. The van der Waals surface area contributed by atoms with E-state index in [9.17, 15) is 9.59 Å². The highest BCUT2D eigenvalue weighted by Crippen LogP contribution is 2.09. The van der Waals surface area contributed by atoms with Crippen molar-refractivity contribution in [3.05, 3.63) is 29.8 Å². The van der Waals surface area contributed by atoms with Crippen molar-refractivity contribution in [1.82, 2.24) is 10.2 Å². The number of amides is 2. The summed E-state index contributed by atoms with van der Waals surface area (Å²) in [6, 6.07) is 6.76. The maximum absolute atomic E-state index is 11.9. The summed E-state index contributed by atoms with van der Waals surface area (Å²) in [7, 11) is 0. The molecule has 1 aliphatic rings. The Balaban J connectivity index is 1.84. The number of benzene rings is 1. The molecule has 1 heterocycles. The largest absolute Gasteiger partial charge is 0.376 e. The van der Waals surface area contributed by atoms with E-state index in [0.29, 0.717) is 5.56 Å². The molecule has 1 aromatic carbocycles. The third-order valence-corrected chi connectivity index (χ3v) is 3.08. The van der Waals surface area contributed by atoms with Gasteiger partial charge in [-0.3, -0.25) is 9.59 Å². The van der Waals surface area contributed by atoms with E-state index in [1.54, 1.807) is 24.3 Å². The van der Waals surface area contributed by atoms with Crippen LogP contribution in [0.5, 0.6) is 0 Å². The smallest absolute Gasteiger partial charge is 0.248 e. The number of nitrogens with one attached hydrogen (secondary N) is 2. The number of carbonyl (C=O) groups excluding carboxylic acids is 2. The fourth-order valence-electron chi connectivity index (χ4n) is 1.96. The van der Waals surface area contributed by atoms with Crippen molar-refractivity contribution in [2.24, 2.45) is 5.73 Å². The Kier molecular flexibility index (Phi) is 4.35. The molecule has 1 fully saturated rings. The average molecular weight is 262 g/mol. The van der Waals surface area contributed by atoms with Crippen LogP contribution in [-0.2, 0) is 4.79 Å². The molecule has 0 aliphatic carbocycles. The summed E-state index contributed by atoms with van der Waals surface area (Å²) in [5.41, 5.74) is 6.41. The normalized spacial score (nSPS) is 15.1. The highest BCUT2D eigenvalue weighted by molar-refractivity contribution is 5.93. The molecule has 1 aliphatic heterocycles. The van der Waals surface area contributed by atoms with Gasteiger partial charge in [-0.2, -0.15) is 0 Å². The van der Waals surface area contributed by atoms with Gasteiger partial charge < -0.3 is 21.3 Å². The number of carbonyl (C=O) groups is 2. The van der Waals surface area contributed by atoms with Gasteiger partial charge in [0.2, 0.25) is 11.8 Å². The lowest BCUT2D eigenvalue weighted by molar-refractivity contribution is -0.129. The van der Waals surface area contributed by atoms with Gasteiger partial charge in [0.15, 0.2) is 0 Å². The SMILES string of the molecule is NC(=O)c1ccc(NCC(=O)N2CCNCC2)cc1. The second kappa shape index (κ2) is 6.19. The quantitative estimate of drug-likeness (QED) is 0.691. The maximum Gasteiger partial charge on any atom is 0.248 e. The lowest BCUT2D eigenvalue weighted by Gasteiger charge is -2.27. The zero-order valence-electron chi connectivity index (χ0n) is 10.7. The van der Waals surface area contributed by atoms with Crippen LogP contribution in [0, 0.1) is 0 Å². The maximum atomic E-state index is 11.9. The third kappa shape index (κ3) is 3.69. The van der Waals surface area contributed by atoms with Gasteiger partial charge in [0.25, 0.3) is 0 Å². The minimum atomic E-state index is -0.455. The van der Waals surface area contributed by atoms with E-state index in [1.807, 2.05) is 4.90 Å². The van der Waals surface area contributed by atoms with Crippen LogP contribution in [0.25, 0.3) is 0 Å². The van der Waals surface area contributed by atoms with E-state index in [1.165, 1.54) is 0 Å². The number of hydrogen-bond acceptors (Lipinski definition) is 4. The Labute approximate surface area is 112 Å². The van der Waals surface area contributed by atoms with E-state index in [2.05, 4.69) is 10.6 Å². The molecule has 0 radical (unpaired) electrons. The molecule has 2 rings (SSSR count). The Morgan fingerprint density at radius 3 is 2.42 bits per heavy atom. The van der Waals surface area contributed by atoms with Gasteiger partial charge >= 0.3 is 0 Å². The topological polar surface area (TPSA) is 87.5 Å². The van der Waals surface area contributed by atoms with Crippen molar-refractivity contribution in [3.8, 4) is 0 Å². The predicted octanol–water partition coefficient (Wildman–Crippen LogP) is -0.371. The third-order valence-electron chi connectivity index (χ3n) is 3.08. The summed E-state index contributed by atoms with van der Waals surface area (Å²) in [5, 5.41) is 6.25. The molecule has 0 bridgehead atoms. The first-order valence-corrected chi connectivity index (χ1v) is 6.29. The van der Waals surface area contributed by atoms with Crippen molar-refractivity contribution in [2.75, 3.05) is 38.0 Å². The van der Waals surface area contributed by atoms with Gasteiger partial charge in [0.05, 0.1) is 6.54 Å². The van der Waals surface area contributed by atoms with Gasteiger partial charge in [0.1, 0.15) is 0 Å². The second-order valence-electron chi connectivity index (χ2n) is 4.43. The Hall–Kier alpha value is -2.08. The van der Waals surface area contributed by atoms with E-state index in [0.717, 1.165) is 31.9 Å². The first-order valence-electron chi connectivity index (χ1n) is 6.29. The zero-order chi connectivity index (χ0) is 13.7. The lowest BCUT2D eigenvalue weighted by atomic mass is 10.2. The van der Waals surface area contributed by atoms with Crippen LogP contribution < -0.4 is 16.4 Å². The monoisotopic (exact) mass is 262 g/mol. The molecule has 2 amide bonds. The molecule has 1 saturated heterocycles. The number of nitrogens with zero attached hydrogens (tertiary/aromatic N) is 1. The molecule has 4 N–H and O–H groups in total. The summed E-state index contributed by atoms with van der Waals surface area (Å²) in [5.74, 6) is -0.371. The Morgan fingerprint density at radius 1 is 1.21 bits per heavy atom. The highest BCUT2D eigenvalue weighted by Gasteiger charge is 2.15. The molecule has 0 atom stereocenters. The van der Waals surface area contributed by atoms with Crippen molar-refractivity contribution in [2.45, 2.75) is 0 Å². The van der Waals surface area contributed by atoms with Crippen LogP contribution in [0.15, 0.2) is 24.3 Å². The van der Waals surface area contributed by atoms with Crippen molar-refractivity contribution in [3.63, 3.8) is 0 Å². The molecular formula is C13H18N4O2. The van der Waals surface area contributed by atoms with Gasteiger partial charge in [-0.25, -0.2) is 0 Å². The molecule has 6 nitrogen and oxygen atoms in total. The van der Waals surface area contributed by atoms with Crippen molar-refractivity contribution in [1.29, 1.82) is 0 Å². The van der Waals surface area contributed by atoms with Crippen LogP contribution in [0.4, 0.5) is 5.69 Å². The molecule has 0 unspecified atom stereocenters. The summed E-state index contributed by atoms with van der Waals surface area (Å²) in [6.07, 6.45) is 0. The molecule has 0 spiro atoms. The number of piperazine rings is 1. The lowest BCUT2D eigenvalue weighted by Crippen LogP contribution is -2.48. The number of anilines is 1. The molecular weight excluding hydrogens is 244 g/mol. The van der Waals surface area contributed by atoms with Gasteiger partial charge in [-0.1, -0.05) is 0 Å². The van der Waals surface area contributed by atoms with E-state index in [4.69, 9.17) is 5.73 Å². The first-order chi connectivity index (χ1) is 9.16. The van der Waals surface area contributed by atoms with Crippen LogP contribution in [0.2, 0.25) is 0 Å². The molecule has 1 aromatic rings. The molecule has 19 heavy (non-hydrogen) atoms. The van der Waals surface area contributed by atoms with Crippen LogP contribution in [-0.4, -0.2) is 49.4 Å². The highest BCUT2D eigenvalue weighted by atomic mass is 16.2. The Bertz CT molecular complexity index is 452. The van der Waals surface area contributed by atoms with Crippen LogP contribution >= 0.6 is 0 Å². The van der Waals surface area contributed by atoms with Crippen LogP contribution in [0.1, 0.15) is 10.4 Å². The van der Waals surface area contributed by atoms with Gasteiger partial charge in [-0.05, 0) is 24.3 Å². The number of primary amides is 1. The Morgan fingerprint density at radius 2 is 1.84 bits per heavy atom. The van der Waals surface area contributed by atoms with Gasteiger partial charge in [0, 0.05) is 37.4 Å². The minimum Gasteiger partial charge on any atom is -0.376 e. The standard InChI is InChI=1S/C13H18N4O2/c14-13(19)10-1-3-11(4-2-10)16-9-12(18)17-7-5-15-6-8-17/h1-4,15-16H,5-9H2,(H2,14,19). The molecule has 102 valence electrons. The first kappa shape index (κ1) is 13.4. The average Bonchev–Trinajstić information content (AvgIpc) is 2.46. The fraction of sp³-hybridized carbons (Fsp3) is 0.385. The number of nitrogens with two attached hydrogens (primary N) is 1. The van der Waals surface area contributed by atoms with E-state index >= 15 is 0 Å². The van der Waals surface area contributed by atoms with Gasteiger partial charge in [-0.15, -0.1) is 0 Å². The van der Waals surface area contributed by atoms with E-state index < -0.39 is 5.91 Å². The number of hydrogen-bond donors (Lipinski definition) is 3. The second-order valence-corrected chi connectivity index (χ2v) is 4.43. The fourth-order valence-corrected chi connectivity index (χ4v) is 1.96. The van der Waals surface area contributed by atoms with Crippen LogP contribution in [0.3, 0.4) is 0 Å².